The molecule has 0 saturated heterocycles. The van der Waals surface area contributed by atoms with Gasteiger partial charge in [0.1, 0.15) is 10.6 Å². The lowest BCUT2D eigenvalue weighted by molar-refractivity contribution is 0.192. The Morgan fingerprint density at radius 3 is 2.90 bits per heavy atom. The number of hydrogen-bond donors (Lipinski definition) is 2. The van der Waals surface area contributed by atoms with Crippen molar-refractivity contribution in [3.63, 3.8) is 0 Å². The molecule has 0 aromatic carbocycles. The molecule has 20 heavy (non-hydrogen) atoms. The summed E-state index contributed by atoms with van der Waals surface area (Å²) in [6.07, 6.45) is 3.40. The zero-order chi connectivity index (χ0) is 14.2. The highest BCUT2D eigenvalue weighted by Gasteiger charge is 2.07. The van der Waals surface area contributed by atoms with Crippen molar-refractivity contribution in [2.45, 2.75) is 26.2 Å². The molecule has 2 N–H and O–H groups in total. The van der Waals surface area contributed by atoms with Gasteiger partial charge in [0.25, 0.3) is 0 Å². The Bertz CT molecular complexity index is 529. The molecule has 2 aromatic rings. The second kappa shape index (κ2) is 8.01. The molecule has 0 atom stereocenters. The van der Waals surface area contributed by atoms with E-state index in [1.54, 1.807) is 18.4 Å². The molecule has 110 valence electrons. The minimum absolute atomic E-state index is 0.698. The van der Waals surface area contributed by atoms with Crippen LogP contribution in [0.1, 0.15) is 26.2 Å². The fourth-order valence-corrected chi connectivity index (χ4v) is 2.75. The van der Waals surface area contributed by atoms with E-state index in [9.17, 15) is 0 Å². The van der Waals surface area contributed by atoms with Crippen LogP contribution in [-0.2, 0) is 4.74 Å². The summed E-state index contributed by atoms with van der Waals surface area (Å²) in [6, 6.07) is 2.07. The van der Waals surface area contributed by atoms with Crippen molar-refractivity contribution in [3.05, 3.63) is 11.4 Å². The van der Waals surface area contributed by atoms with Crippen molar-refractivity contribution in [2.24, 2.45) is 0 Å². The van der Waals surface area contributed by atoms with E-state index in [4.69, 9.17) is 4.74 Å². The minimum Gasteiger partial charge on any atom is -0.385 e. The first-order chi connectivity index (χ1) is 9.85. The van der Waals surface area contributed by atoms with Gasteiger partial charge in [-0.1, -0.05) is 0 Å². The first kappa shape index (κ1) is 15.0. The van der Waals surface area contributed by atoms with E-state index >= 15 is 0 Å². The monoisotopic (exact) mass is 294 g/mol. The van der Waals surface area contributed by atoms with Gasteiger partial charge in [-0.2, -0.15) is 4.98 Å². The molecule has 0 aliphatic rings. The molecule has 0 fully saturated rings. The number of hydrogen-bond acceptors (Lipinski definition) is 6. The van der Waals surface area contributed by atoms with Crippen LogP contribution < -0.4 is 10.6 Å². The second-order valence-electron chi connectivity index (χ2n) is 4.55. The van der Waals surface area contributed by atoms with E-state index in [-0.39, 0.29) is 0 Å². The molecule has 6 heteroatoms. The number of aromatic nitrogens is 2. The molecule has 0 spiro atoms. The highest BCUT2D eigenvalue weighted by atomic mass is 32.1. The van der Waals surface area contributed by atoms with Crippen LogP contribution in [0.5, 0.6) is 0 Å². The van der Waals surface area contributed by atoms with E-state index in [2.05, 4.69) is 32.0 Å². The van der Waals surface area contributed by atoms with E-state index in [0.717, 1.165) is 48.6 Å². The second-order valence-corrected chi connectivity index (χ2v) is 5.44. The molecular weight excluding hydrogens is 272 g/mol. The molecular formula is C14H22N4OS. The number of ether oxygens (including phenoxy) is 1. The highest BCUT2D eigenvalue weighted by molar-refractivity contribution is 7.16. The number of fused-ring (bicyclic) bond motifs is 1. The Hall–Kier alpha value is -1.40. The van der Waals surface area contributed by atoms with Gasteiger partial charge in [-0.05, 0) is 37.6 Å². The molecule has 0 aliphatic heterocycles. The lowest BCUT2D eigenvalue weighted by atomic mass is 10.2. The first-order valence-corrected chi connectivity index (χ1v) is 7.95. The Kier molecular flexibility index (Phi) is 6.01. The van der Waals surface area contributed by atoms with Crippen LogP contribution in [-0.4, -0.2) is 36.8 Å². The molecule has 2 aromatic heterocycles. The van der Waals surface area contributed by atoms with Crippen LogP contribution in [0.3, 0.4) is 0 Å². The summed E-state index contributed by atoms with van der Waals surface area (Å²) in [5, 5.41) is 9.76. The van der Waals surface area contributed by atoms with Gasteiger partial charge in [-0.15, -0.1) is 11.3 Å². The minimum atomic E-state index is 0.698. The maximum atomic E-state index is 5.05. The standard InChI is InChI=1S/C14H22N4OS/c1-3-15-14-17-12(11-7-10-20-13(11)18-14)16-8-5-4-6-9-19-2/h7,10H,3-6,8-9H2,1-2H3,(H2,15,16,17,18). The molecule has 0 aliphatic carbocycles. The van der Waals surface area contributed by atoms with Crippen molar-refractivity contribution in [1.29, 1.82) is 0 Å². The van der Waals surface area contributed by atoms with E-state index < -0.39 is 0 Å². The molecule has 2 rings (SSSR count). The quantitative estimate of drug-likeness (QED) is 0.695. The zero-order valence-electron chi connectivity index (χ0n) is 12.1. The van der Waals surface area contributed by atoms with Crippen molar-refractivity contribution in [3.8, 4) is 0 Å². The lowest BCUT2D eigenvalue weighted by Crippen LogP contribution is -2.08. The van der Waals surface area contributed by atoms with Gasteiger partial charge >= 0.3 is 0 Å². The maximum Gasteiger partial charge on any atom is 0.226 e. The summed E-state index contributed by atoms with van der Waals surface area (Å²) in [5.74, 6) is 1.63. The Morgan fingerprint density at radius 2 is 2.10 bits per heavy atom. The fourth-order valence-electron chi connectivity index (χ4n) is 1.98. The maximum absolute atomic E-state index is 5.05. The summed E-state index contributed by atoms with van der Waals surface area (Å²) in [6.45, 7) is 4.64. The summed E-state index contributed by atoms with van der Waals surface area (Å²) >= 11 is 1.64. The topological polar surface area (TPSA) is 59.1 Å². The van der Waals surface area contributed by atoms with Gasteiger partial charge in [-0.3, -0.25) is 0 Å². The number of nitrogens with one attached hydrogen (secondary N) is 2. The van der Waals surface area contributed by atoms with Gasteiger partial charge in [0.05, 0.1) is 5.39 Å². The Labute approximate surface area is 123 Å². The van der Waals surface area contributed by atoms with Crippen LogP contribution in [0.4, 0.5) is 11.8 Å². The Morgan fingerprint density at radius 1 is 1.20 bits per heavy atom. The normalized spacial score (nSPS) is 10.9. The van der Waals surface area contributed by atoms with Gasteiger partial charge in [-0.25, -0.2) is 4.98 Å². The number of methoxy groups -OCH3 is 1. The lowest BCUT2D eigenvalue weighted by Gasteiger charge is -2.09. The molecule has 0 unspecified atom stereocenters. The van der Waals surface area contributed by atoms with Gasteiger partial charge in [0, 0.05) is 26.8 Å². The van der Waals surface area contributed by atoms with Crippen LogP contribution >= 0.6 is 11.3 Å². The SMILES string of the molecule is CCNc1nc(NCCCCCOC)c2ccsc2n1. The summed E-state index contributed by atoms with van der Waals surface area (Å²) < 4.78 is 5.05. The molecule has 0 saturated carbocycles. The molecule has 5 nitrogen and oxygen atoms in total. The summed E-state index contributed by atoms with van der Waals surface area (Å²) in [4.78, 5) is 10.1. The van der Waals surface area contributed by atoms with Gasteiger partial charge in [0.2, 0.25) is 5.95 Å². The van der Waals surface area contributed by atoms with Crippen molar-refractivity contribution in [1.82, 2.24) is 9.97 Å². The third kappa shape index (κ3) is 4.05. The molecule has 0 amide bonds. The van der Waals surface area contributed by atoms with E-state index in [0.29, 0.717) is 5.95 Å². The van der Waals surface area contributed by atoms with Crippen molar-refractivity contribution in [2.75, 3.05) is 37.4 Å². The number of anilines is 2. The van der Waals surface area contributed by atoms with Gasteiger partial charge in [0.15, 0.2) is 0 Å². The summed E-state index contributed by atoms with van der Waals surface area (Å²) in [7, 11) is 1.74. The highest BCUT2D eigenvalue weighted by Crippen LogP contribution is 2.26. The number of unbranched alkanes of at least 4 members (excludes halogenated alkanes) is 2. The average molecular weight is 294 g/mol. The van der Waals surface area contributed by atoms with Gasteiger partial charge < -0.3 is 15.4 Å². The smallest absolute Gasteiger partial charge is 0.226 e. The largest absolute Gasteiger partial charge is 0.385 e. The third-order valence-electron chi connectivity index (χ3n) is 2.98. The number of rotatable bonds is 9. The zero-order valence-corrected chi connectivity index (χ0v) is 12.9. The third-order valence-corrected chi connectivity index (χ3v) is 3.78. The van der Waals surface area contributed by atoms with E-state index in [1.165, 1.54) is 6.42 Å². The number of nitrogens with zero attached hydrogens (tertiary/aromatic N) is 2. The first-order valence-electron chi connectivity index (χ1n) is 7.07. The average Bonchev–Trinajstić information content (AvgIpc) is 2.91. The molecule has 0 radical (unpaired) electrons. The summed E-state index contributed by atoms with van der Waals surface area (Å²) in [5.41, 5.74) is 0. The van der Waals surface area contributed by atoms with Crippen molar-refractivity contribution < 1.29 is 4.74 Å². The molecule has 2 heterocycles. The predicted octanol–water partition coefficient (Wildman–Crippen LogP) is 3.35. The van der Waals surface area contributed by atoms with Crippen LogP contribution in [0.2, 0.25) is 0 Å². The van der Waals surface area contributed by atoms with E-state index in [1.807, 2.05) is 6.92 Å². The van der Waals surface area contributed by atoms with Crippen LogP contribution in [0.25, 0.3) is 10.2 Å². The van der Waals surface area contributed by atoms with Crippen LogP contribution in [0.15, 0.2) is 11.4 Å². The van der Waals surface area contributed by atoms with Crippen LogP contribution in [0, 0.1) is 0 Å². The predicted molar refractivity (Wildman–Crippen MR) is 85.8 cm³/mol. The van der Waals surface area contributed by atoms with Crippen molar-refractivity contribution >= 4 is 33.3 Å². The molecule has 0 bridgehead atoms. The fraction of sp³-hybridized carbons (Fsp3) is 0.571. The number of thiophene rings is 1. The Balaban J connectivity index is 1.95.